The molecule has 0 bridgehead atoms. The minimum absolute atomic E-state index is 0.0544. The van der Waals surface area contributed by atoms with Crippen LogP contribution in [0.1, 0.15) is 23.2 Å². The van der Waals surface area contributed by atoms with Gasteiger partial charge in [-0.25, -0.2) is 13.2 Å². The largest absolute Gasteiger partial charge is 0.460 e. The number of carbonyl (C=O) groups is 2. The number of hydrogen-bond donors (Lipinski definition) is 1. The number of amides is 1. The Bertz CT molecular complexity index is 767. The quantitative estimate of drug-likeness (QED) is 0.567. The van der Waals surface area contributed by atoms with E-state index < -0.39 is 16.0 Å². The van der Waals surface area contributed by atoms with E-state index in [0.29, 0.717) is 19.5 Å². The van der Waals surface area contributed by atoms with Gasteiger partial charge in [-0.05, 0) is 24.6 Å². The van der Waals surface area contributed by atoms with Crippen LogP contribution in [0.4, 0.5) is 0 Å². The second kappa shape index (κ2) is 7.95. The van der Waals surface area contributed by atoms with Crippen LogP contribution in [0.2, 0.25) is 0 Å². The molecule has 1 fully saturated rings. The number of rotatable bonds is 7. The molecule has 1 aromatic carbocycles. The smallest absolute Gasteiger partial charge is 0.338 e. The first-order chi connectivity index (χ1) is 11.4. The highest BCUT2D eigenvalue weighted by atomic mass is 32.2. The van der Waals surface area contributed by atoms with Gasteiger partial charge >= 0.3 is 5.97 Å². The Kier molecular flexibility index (Phi) is 5.95. The fraction of sp³-hybridized carbons (Fsp3) is 0.375. The minimum Gasteiger partial charge on any atom is -0.460 e. The Balaban J connectivity index is 1.96. The molecule has 1 aliphatic heterocycles. The van der Waals surface area contributed by atoms with Crippen LogP contribution >= 0.6 is 0 Å². The van der Waals surface area contributed by atoms with Crippen molar-refractivity contribution >= 4 is 21.9 Å². The molecule has 1 heterocycles. The minimum atomic E-state index is -3.77. The number of likely N-dealkylation sites (tertiary alicyclic amines) is 1. The number of sulfonamides is 1. The highest BCUT2D eigenvalue weighted by Gasteiger charge is 2.20. The summed E-state index contributed by atoms with van der Waals surface area (Å²) in [7, 11) is -3.77. The van der Waals surface area contributed by atoms with Crippen molar-refractivity contribution in [1.29, 1.82) is 0 Å². The van der Waals surface area contributed by atoms with Gasteiger partial charge in [0.2, 0.25) is 15.9 Å². The van der Waals surface area contributed by atoms with Crippen LogP contribution in [-0.2, 0) is 19.6 Å². The predicted molar refractivity (Wildman–Crippen MR) is 86.6 cm³/mol. The summed E-state index contributed by atoms with van der Waals surface area (Å²) in [6.07, 6.45) is 6.37. The molecule has 0 aromatic heterocycles. The number of benzene rings is 1. The van der Waals surface area contributed by atoms with Gasteiger partial charge in [0.15, 0.2) is 0 Å². The average molecular weight is 350 g/mol. The van der Waals surface area contributed by atoms with Crippen molar-refractivity contribution in [3.63, 3.8) is 0 Å². The normalized spacial score (nSPS) is 14.5. The molecule has 1 aliphatic rings. The van der Waals surface area contributed by atoms with Crippen molar-refractivity contribution in [3.05, 3.63) is 29.8 Å². The number of carbonyl (C=O) groups excluding carboxylic acids is 2. The fourth-order valence-electron chi connectivity index (χ4n) is 2.28. The number of esters is 1. The zero-order valence-electron chi connectivity index (χ0n) is 13.0. The van der Waals surface area contributed by atoms with Crippen LogP contribution in [0.3, 0.4) is 0 Å². The van der Waals surface area contributed by atoms with E-state index in [2.05, 4.69) is 10.6 Å². The van der Waals surface area contributed by atoms with E-state index in [1.807, 2.05) is 0 Å². The van der Waals surface area contributed by atoms with E-state index in [4.69, 9.17) is 11.2 Å². The van der Waals surface area contributed by atoms with Crippen molar-refractivity contribution in [2.45, 2.75) is 17.7 Å². The van der Waals surface area contributed by atoms with Crippen molar-refractivity contribution < 1.29 is 22.7 Å². The molecule has 0 unspecified atom stereocenters. The second-order valence-electron chi connectivity index (χ2n) is 5.18. The monoisotopic (exact) mass is 350 g/mol. The molecule has 0 saturated carbocycles. The van der Waals surface area contributed by atoms with Gasteiger partial charge in [-0.3, -0.25) is 4.79 Å². The van der Waals surface area contributed by atoms with Crippen molar-refractivity contribution in [3.8, 4) is 12.3 Å². The lowest BCUT2D eigenvalue weighted by Gasteiger charge is -2.15. The lowest BCUT2D eigenvalue weighted by Crippen LogP contribution is -2.29. The molecule has 128 valence electrons. The highest BCUT2D eigenvalue weighted by molar-refractivity contribution is 7.89. The summed E-state index contributed by atoms with van der Waals surface area (Å²) >= 11 is 0. The summed E-state index contributed by atoms with van der Waals surface area (Å²) in [5, 5.41) is 0. The standard InChI is InChI=1S/C16H18N2O5S/c1-2-8-17-24(21,22)14-6-3-5-13(12-14)16(20)23-11-10-18-9-4-7-15(18)19/h1,3,5-6,12,17H,4,7-11H2. The van der Waals surface area contributed by atoms with Gasteiger partial charge in [0.25, 0.3) is 0 Å². The van der Waals surface area contributed by atoms with E-state index in [-0.39, 0.29) is 29.5 Å². The Morgan fingerprint density at radius 1 is 1.42 bits per heavy atom. The van der Waals surface area contributed by atoms with Crippen LogP contribution in [-0.4, -0.2) is 51.4 Å². The maximum absolute atomic E-state index is 12.0. The van der Waals surface area contributed by atoms with Crippen LogP contribution in [0, 0.1) is 12.3 Å². The molecule has 1 N–H and O–H groups in total. The van der Waals surface area contributed by atoms with Gasteiger partial charge in [-0.1, -0.05) is 12.0 Å². The second-order valence-corrected chi connectivity index (χ2v) is 6.94. The lowest BCUT2D eigenvalue weighted by atomic mass is 10.2. The molecule has 0 spiro atoms. The first kappa shape index (κ1) is 18.0. The van der Waals surface area contributed by atoms with E-state index in [1.165, 1.54) is 24.3 Å². The Labute approximate surface area is 141 Å². The summed E-state index contributed by atoms with van der Waals surface area (Å²) < 4.78 is 31.3. The molecule has 2 rings (SSSR count). The number of hydrogen-bond acceptors (Lipinski definition) is 5. The Morgan fingerprint density at radius 3 is 2.88 bits per heavy atom. The Morgan fingerprint density at radius 2 is 2.21 bits per heavy atom. The third-order valence-corrected chi connectivity index (χ3v) is 4.91. The maximum Gasteiger partial charge on any atom is 0.338 e. The van der Waals surface area contributed by atoms with Crippen LogP contribution in [0.25, 0.3) is 0 Å². The fourth-order valence-corrected chi connectivity index (χ4v) is 3.26. The SMILES string of the molecule is C#CCNS(=O)(=O)c1cccc(C(=O)OCCN2CCCC2=O)c1. The van der Waals surface area contributed by atoms with E-state index >= 15 is 0 Å². The molecule has 0 atom stereocenters. The first-order valence-corrected chi connectivity index (χ1v) is 8.90. The molecule has 1 aromatic rings. The average Bonchev–Trinajstić information content (AvgIpc) is 2.98. The van der Waals surface area contributed by atoms with Gasteiger partial charge in [-0.2, -0.15) is 4.72 Å². The molecule has 0 radical (unpaired) electrons. The zero-order valence-corrected chi connectivity index (χ0v) is 13.8. The van der Waals surface area contributed by atoms with Gasteiger partial charge in [0, 0.05) is 13.0 Å². The maximum atomic E-state index is 12.0. The molecule has 8 heteroatoms. The highest BCUT2D eigenvalue weighted by Crippen LogP contribution is 2.13. The molecular weight excluding hydrogens is 332 g/mol. The van der Waals surface area contributed by atoms with Crippen LogP contribution in [0.15, 0.2) is 29.2 Å². The lowest BCUT2D eigenvalue weighted by molar-refractivity contribution is -0.128. The molecule has 0 aliphatic carbocycles. The van der Waals surface area contributed by atoms with Gasteiger partial charge in [-0.15, -0.1) is 6.42 Å². The van der Waals surface area contributed by atoms with Crippen molar-refractivity contribution in [1.82, 2.24) is 9.62 Å². The van der Waals surface area contributed by atoms with Crippen LogP contribution in [0.5, 0.6) is 0 Å². The molecule has 24 heavy (non-hydrogen) atoms. The number of nitrogens with one attached hydrogen (secondary N) is 1. The summed E-state index contributed by atoms with van der Waals surface area (Å²) in [6.45, 7) is 0.939. The van der Waals surface area contributed by atoms with Gasteiger partial charge < -0.3 is 9.64 Å². The third-order valence-electron chi connectivity index (χ3n) is 3.51. The summed E-state index contributed by atoms with van der Waals surface area (Å²) in [4.78, 5) is 25.0. The Hall–Kier alpha value is -2.37. The van der Waals surface area contributed by atoms with Crippen molar-refractivity contribution in [2.75, 3.05) is 26.2 Å². The molecule has 1 amide bonds. The number of ether oxygens (including phenoxy) is 1. The molecular formula is C16H18N2O5S. The van der Waals surface area contributed by atoms with Gasteiger partial charge in [0.1, 0.15) is 6.61 Å². The summed E-state index contributed by atoms with van der Waals surface area (Å²) in [5.41, 5.74) is 0.117. The van der Waals surface area contributed by atoms with E-state index in [0.717, 1.165) is 6.42 Å². The van der Waals surface area contributed by atoms with E-state index in [1.54, 1.807) is 4.90 Å². The number of terminal acetylenes is 1. The number of nitrogens with zero attached hydrogens (tertiary/aromatic N) is 1. The summed E-state index contributed by atoms with van der Waals surface area (Å²) in [5.74, 6) is 1.59. The molecule has 1 saturated heterocycles. The molecule has 7 nitrogen and oxygen atoms in total. The van der Waals surface area contributed by atoms with E-state index in [9.17, 15) is 18.0 Å². The van der Waals surface area contributed by atoms with Crippen molar-refractivity contribution in [2.24, 2.45) is 0 Å². The van der Waals surface area contributed by atoms with Gasteiger partial charge in [0.05, 0.1) is 23.5 Å². The topological polar surface area (TPSA) is 92.8 Å². The third kappa shape index (κ3) is 4.57. The first-order valence-electron chi connectivity index (χ1n) is 7.42. The van der Waals surface area contributed by atoms with Crippen LogP contribution < -0.4 is 4.72 Å². The summed E-state index contributed by atoms with van der Waals surface area (Å²) in [6, 6.07) is 5.50. The predicted octanol–water partition coefficient (Wildman–Crippen LogP) is 0.377. The zero-order chi connectivity index (χ0) is 17.6.